The van der Waals surface area contributed by atoms with E-state index in [2.05, 4.69) is 32.5 Å². The summed E-state index contributed by atoms with van der Waals surface area (Å²) in [4.78, 5) is 10.7. The number of hydrogen-bond acceptors (Lipinski definition) is 8. The van der Waals surface area contributed by atoms with Crippen molar-refractivity contribution in [2.24, 2.45) is 0 Å². The molecule has 10 heteroatoms. The third-order valence-electron chi connectivity index (χ3n) is 6.49. The molecule has 0 unspecified atom stereocenters. The summed E-state index contributed by atoms with van der Waals surface area (Å²) in [7, 11) is 0. The molecule has 1 fully saturated rings. The maximum atomic E-state index is 9.64. The predicted molar refractivity (Wildman–Crippen MR) is 127 cm³/mol. The topological polar surface area (TPSA) is 121 Å². The Balaban J connectivity index is 1.53. The average molecular weight is 468 g/mol. The Hall–Kier alpha value is -4.44. The van der Waals surface area contributed by atoms with Crippen LogP contribution in [0.4, 0.5) is 0 Å². The van der Waals surface area contributed by atoms with Gasteiger partial charge in [0, 0.05) is 30.9 Å². The first-order valence-corrected chi connectivity index (χ1v) is 11.7. The number of pyridine rings is 2. The van der Waals surface area contributed by atoms with E-state index in [4.69, 9.17) is 10.00 Å². The van der Waals surface area contributed by atoms with Crippen LogP contribution in [0.25, 0.3) is 16.9 Å². The van der Waals surface area contributed by atoms with Crippen molar-refractivity contribution in [3.05, 3.63) is 59.8 Å². The molecule has 1 aliphatic rings. The third-order valence-corrected chi connectivity index (χ3v) is 6.49. The fraction of sp³-hybridized carbons (Fsp3) is 0.360. The molecular weight excluding hydrogens is 442 g/mol. The van der Waals surface area contributed by atoms with Crippen molar-refractivity contribution in [2.45, 2.75) is 45.3 Å². The molecule has 5 heterocycles. The van der Waals surface area contributed by atoms with Gasteiger partial charge in [0.2, 0.25) is 5.88 Å². The van der Waals surface area contributed by atoms with Crippen molar-refractivity contribution >= 4 is 5.65 Å². The Labute approximate surface area is 203 Å². The molecule has 176 valence electrons. The Bertz CT molecular complexity index is 1420. The second-order valence-electron chi connectivity index (χ2n) is 8.59. The van der Waals surface area contributed by atoms with E-state index < -0.39 is 0 Å². The third kappa shape index (κ3) is 4.15. The largest absolute Gasteiger partial charge is 0.469 e. The van der Waals surface area contributed by atoms with Crippen molar-refractivity contribution in [1.29, 1.82) is 10.5 Å². The Kier molecular flexibility index (Phi) is 6.02. The highest BCUT2D eigenvalue weighted by atomic mass is 16.5. The van der Waals surface area contributed by atoms with Crippen LogP contribution >= 0.6 is 0 Å². The summed E-state index contributed by atoms with van der Waals surface area (Å²) in [5, 5.41) is 27.7. The van der Waals surface area contributed by atoms with Crippen LogP contribution in [0.5, 0.6) is 5.88 Å². The van der Waals surface area contributed by atoms with Gasteiger partial charge in [-0.2, -0.15) is 10.5 Å². The number of likely N-dealkylation sites (tertiary alicyclic amines) is 1. The van der Waals surface area contributed by atoms with Crippen LogP contribution in [0.1, 0.15) is 55.4 Å². The highest BCUT2D eigenvalue weighted by Gasteiger charge is 2.25. The maximum absolute atomic E-state index is 9.64. The first-order valence-electron chi connectivity index (χ1n) is 11.7. The first kappa shape index (κ1) is 22.4. The van der Waals surface area contributed by atoms with E-state index in [0.29, 0.717) is 23.6 Å². The smallest absolute Gasteiger partial charge is 0.201 e. The molecule has 5 rings (SSSR count). The SMILES string of the molecule is CC[C@@H](Oc1cc(-c2nnn(C3CCN(C#N)CC3)c2C)cc2ncc(C#N)n12)c1ccccn1. The van der Waals surface area contributed by atoms with Crippen LogP contribution in [-0.4, -0.2) is 47.4 Å². The minimum atomic E-state index is -0.286. The molecule has 0 aliphatic carbocycles. The lowest BCUT2D eigenvalue weighted by atomic mass is 10.0. The number of nitrogens with zero attached hydrogens (tertiary/aromatic N) is 9. The highest BCUT2D eigenvalue weighted by Crippen LogP contribution is 2.33. The van der Waals surface area contributed by atoms with Gasteiger partial charge in [0.1, 0.15) is 29.2 Å². The number of ether oxygens (including phenoxy) is 1. The number of imidazole rings is 1. The first-order chi connectivity index (χ1) is 17.1. The molecule has 0 amide bonds. The van der Waals surface area contributed by atoms with Crippen LogP contribution < -0.4 is 4.74 Å². The van der Waals surface area contributed by atoms with Crippen molar-refractivity contribution < 1.29 is 4.74 Å². The zero-order valence-corrected chi connectivity index (χ0v) is 19.7. The van der Waals surface area contributed by atoms with Gasteiger partial charge in [-0.05, 0) is 44.4 Å². The normalized spacial score (nSPS) is 15.0. The number of aromatic nitrogens is 6. The summed E-state index contributed by atoms with van der Waals surface area (Å²) < 4.78 is 10.1. The van der Waals surface area contributed by atoms with Crippen LogP contribution in [0.2, 0.25) is 0 Å². The molecule has 1 atom stereocenters. The standard InChI is InChI=1S/C25H25N9O/c1-3-22(21-6-4-5-9-28-21)35-24-13-18(12-23-29-15-20(14-26)33(23)24)25-17(2)34(31-30-25)19-7-10-32(16-27)11-8-19/h4-6,9,12-13,15,19,22H,3,7-8,10-11H2,1-2H3/t22-/m1/s1. The lowest BCUT2D eigenvalue weighted by molar-refractivity contribution is 0.186. The van der Waals surface area contributed by atoms with Crippen LogP contribution in [0.3, 0.4) is 0 Å². The molecule has 0 radical (unpaired) electrons. The van der Waals surface area contributed by atoms with Crippen molar-refractivity contribution in [1.82, 2.24) is 34.3 Å². The zero-order chi connectivity index (χ0) is 24.4. The van der Waals surface area contributed by atoms with E-state index in [1.165, 1.54) is 0 Å². The molecule has 1 saturated heterocycles. The predicted octanol–water partition coefficient (Wildman–Crippen LogP) is 3.82. The van der Waals surface area contributed by atoms with E-state index in [0.717, 1.165) is 48.6 Å². The van der Waals surface area contributed by atoms with Crippen molar-refractivity contribution in [3.8, 4) is 29.4 Å². The monoisotopic (exact) mass is 467 g/mol. The van der Waals surface area contributed by atoms with Gasteiger partial charge in [-0.15, -0.1) is 5.10 Å². The van der Waals surface area contributed by atoms with E-state index >= 15 is 0 Å². The average Bonchev–Trinajstić information content (AvgIpc) is 3.51. The summed E-state index contributed by atoms with van der Waals surface area (Å²) in [6, 6.07) is 11.9. The van der Waals surface area contributed by atoms with Gasteiger partial charge in [-0.1, -0.05) is 18.2 Å². The summed E-state index contributed by atoms with van der Waals surface area (Å²) in [6.07, 6.45) is 7.62. The molecule has 4 aromatic rings. The Morgan fingerprint density at radius 2 is 2.00 bits per heavy atom. The lowest BCUT2D eigenvalue weighted by Gasteiger charge is -2.28. The Morgan fingerprint density at radius 1 is 1.17 bits per heavy atom. The molecule has 35 heavy (non-hydrogen) atoms. The number of piperidine rings is 1. The van der Waals surface area contributed by atoms with E-state index in [-0.39, 0.29) is 12.1 Å². The van der Waals surface area contributed by atoms with Gasteiger partial charge in [-0.3, -0.25) is 9.38 Å². The zero-order valence-electron chi connectivity index (χ0n) is 19.7. The number of hydrogen-bond donors (Lipinski definition) is 0. The molecule has 0 aromatic carbocycles. The van der Waals surface area contributed by atoms with E-state index in [9.17, 15) is 5.26 Å². The van der Waals surface area contributed by atoms with Gasteiger partial charge in [0.05, 0.1) is 23.6 Å². The van der Waals surface area contributed by atoms with Crippen molar-refractivity contribution in [3.63, 3.8) is 0 Å². The Morgan fingerprint density at radius 3 is 2.69 bits per heavy atom. The quantitative estimate of drug-likeness (QED) is 0.392. The summed E-state index contributed by atoms with van der Waals surface area (Å²) >= 11 is 0. The summed E-state index contributed by atoms with van der Waals surface area (Å²) in [5.41, 5.74) is 4.31. The minimum Gasteiger partial charge on any atom is -0.469 e. The molecule has 4 aromatic heterocycles. The summed E-state index contributed by atoms with van der Waals surface area (Å²) in [5.74, 6) is 0.500. The van der Waals surface area contributed by atoms with Crippen molar-refractivity contribution in [2.75, 3.05) is 13.1 Å². The lowest BCUT2D eigenvalue weighted by Crippen LogP contribution is -2.31. The fourth-order valence-electron chi connectivity index (χ4n) is 4.61. The molecule has 1 aliphatic heterocycles. The molecule has 0 spiro atoms. The highest BCUT2D eigenvalue weighted by molar-refractivity contribution is 5.68. The van der Waals surface area contributed by atoms with Gasteiger partial charge >= 0.3 is 0 Å². The number of nitriles is 2. The number of fused-ring (bicyclic) bond motifs is 1. The van der Waals surface area contributed by atoms with Gasteiger partial charge in [-0.25, -0.2) is 9.67 Å². The second kappa shape index (κ2) is 9.43. The maximum Gasteiger partial charge on any atom is 0.201 e. The molecule has 10 nitrogen and oxygen atoms in total. The van der Waals surface area contributed by atoms with Gasteiger partial charge < -0.3 is 9.64 Å². The molecule has 0 saturated carbocycles. The van der Waals surface area contributed by atoms with E-state index in [1.54, 1.807) is 21.7 Å². The van der Waals surface area contributed by atoms with E-state index in [1.807, 2.05) is 48.9 Å². The second-order valence-corrected chi connectivity index (χ2v) is 8.59. The molecular formula is C25H25N9O. The number of rotatable bonds is 6. The van der Waals surface area contributed by atoms with Crippen LogP contribution in [0, 0.1) is 29.7 Å². The summed E-state index contributed by atoms with van der Waals surface area (Å²) in [6.45, 7) is 5.48. The van der Waals surface area contributed by atoms with Gasteiger partial charge in [0.25, 0.3) is 0 Å². The van der Waals surface area contributed by atoms with Crippen LogP contribution in [-0.2, 0) is 0 Å². The molecule has 0 bridgehead atoms. The minimum absolute atomic E-state index is 0.200. The van der Waals surface area contributed by atoms with Gasteiger partial charge in [0.15, 0.2) is 6.19 Å². The molecule has 0 N–H and O–H groups in total. The fourth-order valence-corrected chi connectivity index (χ4v) is 4.61. The van der Waals surface area contributed by atoms with Crippen LogP contribution in [0.15, 0.2) is 42.7 Å².